The Bertz CT molecular complexity index is 429. The molecule has 0 saturated heterocycles. The molecule has 0 unspecified atom stereocenters. The van der Waals surface area contributed by atoms with E-state index in [0.717, 1.165) is 6.26 Å². The number of aromatic nitrogens is 1. The molecule has 0 aliphatic rings. The summed E-state index contributed by atoms with van der Waals surface area (Å²) in [7, 11) is 0. The van der Waals surface area contributed by atoms with Gasteiger partial charge in [0.2, 0.25) is 5.89 Å². The third kappa shape index (κ3) is 1.66. The smallest absolute Gasteiger partial charge is 0.357 e. The van der Waals surface area contributed by atoms with Crippen molar-refractivity contribution in [3.8, 4) is 0 Å². The maximum Gasteiger partial charge on any atom is 0.357 e. The lowest BCUT2D eigenvalue weighted by Gasteiger charge is -1.88. The minimum atomic E-state index is -1.10. The van der Waals surface area contributed by atoms with Gasteiger partial charge in [0, 0.05) is 0 Å². The standard InChI is InChI=1S/C9H7NO4/c11-9(12)7-5-14-8(10-7)4-6-2-1-3-13-6/h1-3,5H,4H2,(H,11,12). The van der Waals surface area contributed by atoms with Gasteiger partial charge in [0.1, 0.15) is 12.0 Å². The average Bonchev–Trinajstić information content (AvgIpc) is 2.75. The van der Waals surface area contributed by atoms with Crippen molar-refractivity contribution in [1.82, 2.24) is 4.98 Å². The van der Waals surface area contributed by atoms with E-state index in [1.165, 1.54) is 6.26 Å². The fourth-order valence-corrected chi connectivity index (χ4v) is 1.05. The molecule has 5 nitrogen and oxygen atoms in total. The Balaban J connectivity index is 2.14. The number of carbonyl (C=O) groups is 1. The Morgan fingerprint density at radius 1 is 1.50 bits per heavy atom. The fraction of sp³-hybridized carbons (Fsp3) is 0.111. The van der Waals surface area contributed by atoms with E-state index >= 15 is 0 Å². The van der Waals surface area contributed by atoms with Crippen LogP contribution in [0, 0.1) is 0 Å². The summed E-state index contributed by atoms with van der Waals surface area (Å²) in [5.74, 6) is -0.0828. The van der Waals surface area contributed by atoms with Crippen molar-refractivity contribution in [2.24, 2.45) is 0 Å². The number of carboxylic acids is 1. The van der Waals surface area contributed by atoms with Crippen molar-refractivity contribution in [3.05, 3.63) is 42.0 Å². The number of carboxylic acid groups (broad SMARTS) is 1. The normalized spacial score (nSPS) is 10.3. The lowest BCUT2D eigenvalue weighted by atomic mass is 10.3. The van der Waals surface area contributed by atoms with Crippen LogP contribution < -0.4 is 0 Å². The molecule has 2 aromatic heterocycles. The third-order valence-corrected chi connectivity index (χ3v) is 1.68. The molecule has 2 rings (SSSR count). The lowest BCUT2D eigenvalue weighted by molar-refractivity contribution is 0.0690. The Labute approximate surface area is 79.0 Å². The highest BCUT2D eigenvalue weighted by Gasteiger charge is 2.11. The van der Waals surface area contributed by atoms with Crippen LogP contribution in [0.1, 0.15) is 22.1 Å². The summed E-state index contributed by atoms with van der Waals surface area (Å²) in [6.07, 6.45) is 3.01. The van der Waals surface area contributed by atoms with E-state index in [-0.39, 0.29) is 5.69 Å². The topological polar surface area (TPSA) is 76.5 Å². The van der Waals surface area contributed by atoms with Crippen LogP contribution in [0.15, 0.2) is 33.5 Å². The minimum Gasteiger partial charge on any atom is -0.476 e. The monoisotopic (exact) mass is 193 g/mol. The first-order valence-corrected chi connectivity index (χ1v) is 3.96. The maximum absolute atomic E-state index is 10.5. The van der Waals surface area contributed by atoms with Crippen LogP contribution in [-0.4, -0.2) is 16.1 Å². The predicted octanol–water partition coefficient (Wildman–Crippen LogP) is 1.56. The first kappa shape index (κ1) is 8.55. The van der Waals surface area contributed by atoms with Gasteiger partial charge in [0.05, 0.1) is 12.7 Å². The second-order valence-electron chi connectivity index (χ2n) is 2.69. The number of hydrogen-bond acceptors (Lipinski definition) is 4. The number of furan rings is 1. The molecule has 0 bridgehead atoms. The molecule has 14 heavy (non-hydrogen) atoms. The number of hydrogen-bond donors (Lipinski definition) is 1. The van der Waals surface area contributed by atoms with Gasteiger partial charge in [0.15, 0.2) is 5.69 Å². The van der Waals surface area contributed by atoms with E-state index in [9.17, 15) is 4.79 Å². The molecule has 0 saturated carbocycles. The van der Waals surface area contributed by atoms with Crippen molar-refractivity contribution in [1.29, 1.82) is 0 Å². The Morgan fingerprint density at radius 2 is 2.36 bits per heavy atom. The fourth-order valence-electron chi connectivity index (χ4n) is 1.05. The first-order chi connectivity index (χ1) is 6.75. The highest BCUT2D eigenvalue weighted by molar-refractivity contribution is 5.84. The van der Waals surface area contributed by atoms with Crippen LogP contribution in [0.4, 0.5) is 0 Å². The van der Waals surface area contributed by atoms with Gasteiger partial charge in [-0.3, -0.25) is 0 Å². The molecule has 72 valence electrons. The van der Waals surface area contributed by atoms with Crippen molar-refractivity contribution >= 4 is 5.97 Å². The second-order valence-corrected chi connectivity index (χ2v) is 2.69. The van der Waals surface area contributed by atoms with E-state index in [2.05, 4.69) is 4.98 Å². The number of oxazole rings is 1. The number of nitrogens with zero attached hydrogens (tertiary/aromatic N) is 1. The second kappa shape index (κ2) is 3.37. The van der Waals surface area contributed by atoms with Gasteiger partial charge >= 0.3 is 5.97 Å². The summed E-state index contributed by atoms with van der Waals surface area (Å²) in [4.78, 5) is 14.2. The molecule has 0 amide bonds. The first-order valence-electron chi connectivity index (χ1n) is 3.96. The molecule has 0 atom stereocenters. The molecule has 0 radical (unpaired) electrons. The Hall–Kier alpha value is -2.04. The van der Waals surface area contributed by atoms with E-state index in [0.29, 0.717) is 18.1 Å². The van der Waals surface area contributed by atoms with Crippen LogP contribution >= 0.6 is 0 Å². The van der Waals surface area contributed by atoms with Gasteiger partial charge < -0.3 is 13.9 Å². The minimum absolute atomic E-state index is 0.0912. The quantitative estimate of drug-likeness (QED) is 0.800. The van der Waals surface area contributed by atoms with Crippen LogP contribution in [0.3, 0.4) is 0 Å². The van der Waals surface area contributed by atoms with Gasteiger partial charge in [-0.1, -0.05) is 0 Å². The molecule has 0 aliphatic carbocycles. The van der Waals surface area contributed by atoms with Gasteiger partial charge in [-0.05, 0) is 12.1 Å². The van der Waals surface area contributed by atoms with Gasteiger partial charge in [-0.25, -0.2) is 9.78 Å². The SMILES string of the molecule is O=C(O)c1coc(Cc2ccco2)n1. The summed E-state index contributed by atoms with van der Waals surface area (Å²) in [5.41, 5.74) is -0.0912. The molecule has 0 fully saturated rings. The molecule has 2 heterocycles. The zero-order valence-electron chi connectivity index (χ0n) is 7.14. The Morgan fingerprint density at radius 3 is 2.93 bits per heavy atom. The van der Waals surface area contributed by atoms with E-state index in [1.54, 1.807) is 12.1 Å². The maximum atomic E-state index is 10.5. The summed E-state index contributed by atoms with van der Waals surface area (Å²) < 4.78 is 10.0. The van der Waals surface area contributed by atoms with E-state index < -0.39 is 5.97 Å². The predicted molar refractivity (Wildman–Crippen MR) is 45.0 cm³/mol. The van der Waals surface area contributed by atoms with Gasteiger partial charge in [-0.2, -0.15) is 0 Å². The summed E-state index contributed by atoms with van der Waals surface area (Å²) >= 11 is 0. The van der Waals surface area contributed by atoms with Crippen LogP contribution in [0.2, 0.25) is 0 Å². The molecule has 0 aromatic carbocycles. The van der Waals surface area contributed by atoms with Crippen molar-refractivity contribution in [2.45, 2.75) is 6.42 Å². The lowest BCUT2D eigenvalue weighted by Crippen LogP contribution is -1.96. The van der Waals surface area contributed by atoms with Gasteiger partial charge in [-0.15, -0.1) is 0 Å². The molecule has 1 N–H and O–H groups in total. The summed E-state index contributed by atoms with van der Waals surface area (Å²) in [5, 5.41) is 8.58. The molecule has 0 spiro atoms. The zero-order valence-corrected chi connectivity index (χ0v) is 7.14. The average molecular weight is 193 g/mol. The van der Waals surface area contributed by atoms with Crippen LogP contribution in [0.5, 0.6) is 0 Å². The Kier molecular flexibility index (Phi) is 2.06. The third-order valence-electron chi connectivity index (χ3n) is 1.68. The van der Waals surface area contributed by atoms with Crippen molar-refractivity contribution in [3.63, 3.8) is 0 Å². The van der Waals surface area contributed by atoms with Gasteiger partial charge in [0.25, 0.3) is 0 Å². The molecule has 5 heteroatoms. The molecule has 2 aromatic rings. The zero-order chi connectivity index (χ0) is 9.97. The highest BCUT2D eigenvalue weighted by atomic mass is 16.4. The summed E-state index contributed by atoms with van der Waals surface area (Å²) in [6.45, 7) is 0. The van der Waals surface area contributed by atoms with Crippen molar-refractivity contribution < 1.29 is 18.7 Å². The van der Waals surface area contributed by atoms with Crippen LogP contribution in [0.25, 0.3) is 0 Å². The highest BCUT2D eigenvalue weighted by Crippen LogP contribution is 2.09. The molecular weight excluding hydrogens is 186 g/mol. The number of aromatic carboxylic acids is 1. The summed E-state index contributed by atoms with van der Waals surface area (Å²) in [6, 6.07) is 3.51. The van der Waals surface area contributed by atoms with E-state index in [1.807, 2.05) is 0 Å². The molecular formula is C9H7NO4. The largest absolute Gasteiger partial charge is 0.476 e. The number of rotatable bonds is 3. The molecule has 0 aliphatic heterocycles. The van der Waals surface area contributed by atoms with Crippen molar-refractivity contribution in [2.75, 3.05) is 0 Å². The van der Waals surface area contributed by atoms with E-state index in [4.69, 9.17) is 13.9 Å². The van der Waals surface area contributed by atoms with Crippen LogP contribution in [-0.2, 0) is 6.42 Å².